The monoisotopic (exact) mass is 472 g/mol. The van der Waals surface area contributed by atoms with Gasteiger partial charge in [0.2, 0.25) is 0 Å². The lowest BCUT2D eigenvalue weighted by Gasteiger charge is -2.23. The minimum atomic E-state index is -4.72. The Hall–Kier alpha value is -3.45. The first-order valence-corrected chi connectivity index (χ1v) is 9.62. The molecule has 1 heterocycles. The molecule has 2 rings (SSSR count). The van der Waals surface area contributed by atoms with Gasteiger partial charge in [-0.1, -0.05) is 18.2 Å². The van der Waals surface area contributed by atoms with Crippen LogP contribution in [0.5, 0.6) is 0 Å². The number of aliphatic hydroxyl groups excluding tert-OH is 1. The van der Waals surface area contributed by atoms with E-state index in [1.165, 1.54) is 31.2 Å². The van der Waals surface area contributed by atoms with Crippen LogP contribution >= 0.6 is 0 Å². The molecule has 33 heavy (non-hydrogen) atoms. The number of alkyl halides is 3. The summed E-state index contributed by atoms with van der Waals surface area (Å²) in [6.45, 7) is 0.541. The van der Waals surface area contributed by atoms with E-state index < -0.39 is 48.1 Å². The van der Waals surface area contributed by atoms with Crippen molar-refractivity contribution in [2.75, 3.05) is 27.3 Å². The SMILES string of the molecule is COCCN(C)C(=O)c1cc(C(=O)N[C@H](Cc2ccccc2C(F)(F)F)[C@@H](O)C(=O)O)n[nH]1. The fourth-order valence-corrected chi connectivity index (χ4v) is 2.95. The van der Waals surface area contributed by atoms with Crippen molar-refractivity contribution in [3.8, 4) is 0 Å². The summed E-state index contributed by atoms with van der Waals surface area (Å²) in [5.41, 5.74) is -1.69. The van der Waals surface area contributed by atoms with E-state index in [1.54, 1.807) is 0 Å². The van der Waals surface area contributed by atoms with Gasteiger partial charge in [-0.2, -0.15) is 18.3 Å². The Morgan fingerprint density at radius 1 is 1.27 bits per heavy atom. The number of rotatable bonds is 10. The zero-order valence-electron chi connectivity index (χ0n) is 17.7. The van der Waals surface area contributed by atoms with E-state index in [0.29, 0.717) is 0 Å². The van der Waals surface area contributed by atoms with Crippen LogP contribution < -0.4 is 5.32 Å². The Kier molecular flexibility index (Phi) is 8.54. The minimum absolute atomic E-state index is 0.0449. The Labute approximate surface area is 186 Å². The summed E-state index contributed by atoms with van der Waals surface area (Å²) in [5, 5.41) is 27.4. The zero-order valence-corrected chi connectivity index (χ0v) is 17.7. The lowest BCUT2D eigenvalue weighted by atomic mass is 9.96. The van der Waals surface area contributed by atoms with E-state index in [9.17, 15) is 32.7 Å². The number of carbonyl (C=O) groups excluding carboxylic acids is 2. The molecule has 2 atom stereocenters. The predicted molar refractivity (Wildman–Crippen MR) is 107 cm³/mol. The number of hydrogen-bond donors (Lipinski definition) is 4. The molecule has 0 fully saturated rings. The van der Waals surface area contributed by atoms with Crippen LogP contribution in [0, 0.1) is 0 Å². The smallest absolute Gasteiger partial charge is 0.416 e. The molecule has 1 aromatic heterocycles. The van der Waals surface area contributed by atoms with Crippen LogP contribution in [0.1, 0.15) is 32.1 Å². The van der Waals surface area contributed by atoms with E-state index >= 15 is 0 Å². The van der Waals surface area contributed by atoms with Crippen molar-refractivity contribution >= 4 is 17.8 Å². The second-order valence-corrected chi connectivity index (χ2v) is 7.11. The minimum Gasteiger partial charge on any atom is -0.479 e. The normalized spacial score (nSPS) is 13.3. The van der Waals surface area contributed by atoms with Gasteiger partial charge in [-0.3, -0.25) is 14.7 Å². The number of likely N-dealkylation sites (N-methyl/N-ethyl adjacent to an activating group) is 1. The molecular formula is C20H23F3N4O6. The molecular weight excluding hydrogens is 449 g/mol. The maximum atomic E-state index is 13.3. The molecule has 0 aliphatic carbocycles. The molecule has 0 unspecified atom stereocenters. The summed E-state index contributed by atoms with van der Waals surface area (Å²) in [7, 11) is 2.96. The van der Waals surface area contributed by atoms with Crippen molar-refractivity contribution in [3.05, 3.63) is 52.8 Å². The Balaban J connectivity index is 2.22. The number of carboxylic acid groups (broad SMARTS) is 1. The number of carboxylic acids is 1. The van der Waals surface area contributed by atoms with Gasteiger partial charge in [-0.25, -0.2) is 4.79 Å². The number of aliphatic carboxylic acids is 1. The van der Waals surface area contributed by atoms with Crippen LogP contribution in [-0.4, -0.2) is 82.5 Å². The molecule has 1 aromatic carbocycles. The van der Waals surface area contributed by atoms with E-state index in [1.807, 2.05) is 0 Å². The number of aromatic amines is 1. The Morgan fingerprint density at radius 3 is 2.55 bits per heavy atom. The molecule has 2 amide bonds. The van der Waals surface area contributed by atoms with Gasteiger partial charge in [0.15, 0.2) is 11.8 Å². The highest BCUT2D eigenvalue weighted by molar-refractivity contribution is 5.97. The number of methoxy groups -OCH3 is 1. The number of nitrogens with one attached hydrogen (secondary N) is 2. The number of carbonyl (C=O) groups is 3. The maximum absolute atomic E-state index is 13.3. The summed E-state index contributed by atoms with van der Waals surface area (Å²) < 4.78 is 44.7. The van der Waals surface area contributed by atoms with E-state index in [0.717, 1.165) is 18.2 Å². The van der Waals surface area contributed by atoms with Crippen molar-refractivity contribution in [2.24, 2.45) is 0 Å². The van der Waals surface area contributed by atoms with Crippen LogP contribution in [0.15, 0.2) is 30.3 Å². The summed E-state index contributed by atoms with van der Waals surface area (Å²) >= 11 is 0. The topological polar surface area (TPSA) is 145 Å². The largest absolute Gasteiger partial charge is 0.479 e. The third-order valence-electron chi connectivity index (χ3n) is 4.73. The third kappa shape index (κ3) is 6.76. The van der Waals surface area contributed by atoms with Crippen molar-refractivity contribution in [3.63, 3.8) is 0 Å². The summed E-state index contributed by atoms with van der Waals surface area (Å²) in [6.07, 6.45) is -7.54. The first-order valence-electron chi connectivity index (χ1n) is 9.62. The average Bonchev–Trinajstić information content (AvgIpc) is 3.25. The Morgan fingerprint density at radius 2 is 1.94 bits per heavy atom. The second kappa shape index (κ2) is 10.9. The van der Waals surface area contributed by atoms with Gasteiger partial charge in [0.05, 0.1) is 18.2 Å². The zero-order chi connectivity index (χ0) is 24.8. The molecule has 0 aliphatic rings. The first-order chi connectivity index (χ1) is 15.5. The number of halogens is 3. The molecule has 0 bridgehead atoms. The molecule has 4 N–H and O–H groups in total. The van der Waals surface area contributed by atoms with Crippen LogP contribution in [0.4, 0.5) is 13.2 Å². The van der Waals surface area contributed by atoms with Crippen molar-refractivity contribution in [1.82, 2.24) is 20.4 Å². The van der Waals surface area contributed by atoms with Gasteiger partial charge in [-0.15, -0.1) is 0 Å². The molecule has 0 aliphatic heterocycles. The number of benzene rings is 1. The number of ether oxygens (including phenoxy) is 1. The average molecular weight is 472 g/mol. The molecule has 0 radical (unpaired) electrons. The molecule has 10 nitrogen and oxygen atoms in total. The van der Waals surface area contributed by atoms with Gasteiger partial charge in [0, 0.05) is 26.8 Å². The maximum Gasteiger partial charge on any atom is 0.416 e. The van der Waals surface area contributed by atoms with Crippen LogP contribution in [0.3, 0.4) is 0 Å². The highest BCUT2D eigenvalue weighted by Gasteiger charge is 2.36. The quantitative estimate of drug-likeness (QED) is 0.403. The van der Waals surface area contributed by atoms with Crippen molar-refractivity contribution in [2.45, 2.75) is 24.7 Å². The lowest BCUT2D eigenvalue weighted by molar-refractivity contribution is -0.148. The number of hydrogen-bond acceptors (Lipinski definition) is 6. The fourth-order valence-electron chi connectivity index (χ4n) is 2.95. The standard InChI is InChI=1S/C20H23F3N4O6/c1-27(7-8-33-2)18(30)15-10-14(25-26-15)17(29)24-13(16(28)19(31)32)9-11-5-3-4-6-12(11)20(21,22)23/h3-6,10,13,16,28H,7-9H2,1-2H3,(H,24,29)(H,25,26)(H,31,32)/t13-,16-/m1/s1. The summed E-state index contributed by atoms with van der Waals surface area (Å²) in [4.78, 5) is 37.5. The number of amides is 2. The van der Waals surface area contributed by atoms with Crippen molar-refractivity contribution in [1.29, 1.82) is 0 Å². The van der Waals surface area contributed by atoms with Gasteiger partial charge in [0.25, 0.3) is 11.8 Å². The van der Waals surface area contributed by atoms with Gasteiger partial charge in [-0.05, 0) is 18.1 Å². The highest BCUT2D eigenvalue weighted by Crippen LogP contribution is 2.32. The van der Waals surface area contributed by atoms with Crippen LogP contribution in [0.25, 0.3) is 0 Å². The first kappa shape index (κ1) is 25.8. The van der Waals surface area contributed by atoms with Gasteiger partial charge in [0.1, 0.15) is 5.69 Å². The third-order valence-corrected chi connectivity index (χ3v) is 4.73. The summed E-state index contributed by atoms with van der Waals surface area (Å²) in [6, 6.07) is 3.92. The van der Waals surface area contributed by atoms with E-state index in [-0.39, 0.29) is 30.1 Å². The fraction of sp³-hybridized carbons (Fsp3) is 0.400. The number of aromatic nitrogens is 2. The lowest BCUT2D eigenvalue weighted by Crippen LogP contribution is -2.48. The molecule has 0 saturated carbocycles. The molecule has 180 valence electrons. The molecule has 0 saturated heterocycles. The second-order valence-electron chi connectivity index (χ2n) is 7.11. The van der Waals surface area contributed by atoms with E-state index in [4.69, 9.17) is 9.84 Å². The predicted octanol–water partition coefficient (Wildman–Crippen LogP) is 0.933. The van der Waals surface area contributed by atoms with Gasteiger partial charge < -0.3 is 25.2 Å². The molecule has 0 spiro atoms. The Bertz CT molecular complexity index is 994. The van der Waals surface area contributed by atoms with E-state index in [2.05, 4.69) is 15.5 Å². The summed E-state index contributed by atoms with van der Waals surface area (Å²) in [5.74, 6) is -3.22. The van der Waals surface area contributed by atoms with Crippen molar-refractivity contribution < 1.29 is 42.5 Å². The van der Waals surface area contributed by atoms with Crippen LogP contribution in [0.2, 0.25) is 0 Å². The molecule has 13 heteroatoms. The van der Waals surface area contributed by atoms with Crippen LogP contribution in [-0.2, 0) is 22.1 Å². The number of nitrogens with zero attached hydrogens (tertiary/aromatic N) is 2. The van der Waals surface area contributed by atoms with Gasteiger partial charge >= 0.3 is 12.1 Å². The molecule has 2 aromatic rings. The number of aliphatic hydroxyl groups is 1. The number of H-pyrrole nitrogens is 1. The highest BCUT2D eigenvalue weighted by atomic mass is 19.4.